The Kier molecular flexibility index (Phi) is 4.45. The maximum absolute atomic E-state index is 13.1. The highest BCUT2D eigenvalue weighted by atomic mass is 32.1. The minimum absolute atomic E-state index is 0.201. The van der Waals surface area contributed by atoms with Crippen molar-refractivity contribution in [2.45, 2.75) is 19.0 Å². The second-order valence-corrected chi connectivity index (χ2v) is 8.05. The van der Waals surface area contributed by atoms with Gasteiger partial charge < -0.3 is 10.2 Å². The summed E-state index contributed by atoms with van der Waals surface area (Å²) in [6.45, 7) is 2.89. The van der Waals surface area contributed by atoms with Gasteiger partial charge in [0.1, 0.15) is 12.1 Å². The lowest BCUT2D eigenvalue weighted by Gasteiger charge is -2.23. The van der Waals surface area contributed by atoms with Gasteiger partial charge in [0, 0.05) is 5.56 Å². The lowest BCUT2D eigenvalue weighted by Crippen LogP contribution is -3.09. The fourth-order valence-electron chi connectivity index (χ4n) is 3.60. The van der Waals surface area contributed by atoms with E-state index in [4.69, 9.17) is 0 Å². The number of nitrogens with one attached hydrogen (secondary N) is 2. The summed E-state index contributed by atoms with van der Waals surface area (Å²) in [6.07, 6.45) is 0. The zero-order chi connectivity index (χ0) is 19.0. The maximum Gasteiger partial charge on any atom is 0.329 e. The number of quaternary nitrogens is 1. The van der Waals surface area contributed by atoms with Crippen LogP contribution >= 0.6 is 11.3 Å². The van der Waals surface area contributed by atoms with Crippen LogP contribution in [0.5, 0.6) is 0 Å². The van der Waals surface area contributed by atoms with E-state index in [0.29, 0.717) is 6.67 Å². The first kappa shape index (κ1) is 17.7. The lowest BCUT2D eigenvalue weighted by atomic mass is 9.90. The number of carbonyl (C=O) groups is 2. The number of benzene rings is 2. The van der Waals surface area contributed by atoms with E-state index in [9.17, 15) is 9.59 Å². The van der Waals surface area contributed by atoms with E-state index >= 15 is 0 Å². The van der Waals surface area contributed by atoms with E-state index in [1.165, 1.54) is 10.5 Å². The predicted molar refractivity (Wildman–Crippen MR) is 106 cm³/mol. The minimum atomic E-state index is -1.04. The van der Waals surface area contributed by atoms with Crippen molar-refractivity contribution in [1.82, 2.24) is 10.2 Å². The van der Waals surface area contributed by atoms with E-state index in [1.54, 1.807) is 18.3 Å². The smallest absolute Gasteiger partial charge is 0.319 e. The number of imide groups is 1. The van der Waals surface area contributed by atoms with Gasteiger partial charge >= 0.3 is 6.03 Å². The highest BCUT2D eigenvalue weighted by Crippen LogP contribution is 2.30. The highest BCUT2D eigenvalue weighted by molar-refractivity contribution is 7.07. The van der Waals surface area contributed by atoms with Gasteiger partial charge in [0.2, 0.25) is 0 Å². The molecular weight excluding hydrogens is 358 g/mol. The number of urea groups is 1. The number of fused-ring (bicyclic) bond motifs is 1. The van der Waals surface area contributed by atoms with Gasteiger partial charge in [0.05, 0.1) is 7.05 Å². The van der Waals surface area contributed by atoms with Crippen LogP contribution in [0.1, 0.15) is 18.1 Å². The molecule has 6 heteroatoms. The predicted octanol–water partition coefficient (Wildman–Crippen LogP) is 2.34. The maximum atomic E-state index is 13.1. The highest BCUT2D eigenvalue weighted by Gasteiger charge is 2.50. The second-order valence-electron chi connectivity index (χ2n) is 7.27. The zero-order valence-electron chi connectivity index (χ0n) is 15.4. The van der Waals surface area contributed by atoms with Crippen molar-refractivity contribution in [3.8, 4) is 0 Å². The summed E-state index contributed by atoms with van der Waals surface area (Å²) in [5.41, 5.74) is 0.975. The Morgan fingerprint density at radius 2 is 1.89 bits per heavy atom. The van der Waals surface area contributed by atoms with Gasteiger partial charge in [-0.1, -0.05) is 36.4 Å². The van der Waals surface area contributed by atoms with E-state index in [1.807, 2.05) is 54.9 Å². The number of hydrogen-bond donors (Lipinski definition) is 2. The van der Waals surface area contributed by atoms with Crippen molar-refractivity contribution in [2.75, 3.05) is 13.7 Å². The molecule has 138 valence electrons. The van der Waals surface area contributed by atoms with Crippen LogP contribution in [0, 0.1) is 0 Å². The van der Waals surface area contributed by atoms with Gasteiger partial charge in [-0.25, -0.2) is 9.69 Å². The first-order chi connectivity index (χ1) is 13.0. The Morgan fingerprint density at radius 3 is 2.63 bits per heavy atom. The van der Waals surface area contributed by atoms with E-state index in [2.05, 4.69) is 16.8 Å². The molecule has 0 radical (unpaired) electrons. The van der Waals surface area contributed by atoms with Crippen LogP contribution in [-0.4, -0.2) is 30.6 Å². The molecule has 0 bridgehead atoms. The summed E-state index contributed by atoms with van der Waals surface area (Å²) in [5, 5.41) is 9.19. The molecule has 1 aliphatic rings. The first-order valence-electron chi connectivity index (χ1n) is 8.93. The van der Waals surface area contributed by atoms with Gasteiger partial charge in [-0.2, -0.15) is 11.3 Å². The Bertz CT molecular complexity index is 1000. The molecule has 3 amide bonds. The minimum Gasteiger partial charge on any atom is -0.319 e. The molecule has 2 heterocycles. The fourth-order valence-corrected chi connectivity index (χ4v) is 4.27. The molecule has 0 saturated carbocycles. The zero-order valence-corrected chi connectivity index (χ0v) is 16.2. The molecule has 1 unspecified atom stereocenters. The molecule has 1 saturated heterocycles. The number of rotatable bonds is 5. The third kappa shape index (κ3) is 3.22. The van der Waals surface area contributed by atoms with Crippen molar-refractivity contribution in [1.29, 1.82) is 0 Å². The van der Waals surface area contributed by atoms with Crippen molar-refractivity contribution >= 4 is 34.0 Å². The molecule has 0 aliphatic carbocycles. The van der Waals surface area contributed by atoms with Crippen LogP contribution in [0.15, 0.2) is 59.3 Å². The summed E-state index contributed by atoms with van der Waals surface area (Å²) in [5.74, 6) is -0.201. The third-order valence-corrected chi connectivity index (χ3v) is 5.85. The van der Waals surface area contributed by atoms with E-state index in [-0.39, 0.29) is 11.9 Å². The Labute approximate surface area is 162 Å². The third-order valence-electron chi connectivity index (χ3n) is 5.12. The molecule has 1 aliphatic heterocycles. The topological polar surface area (TPSA) is 53.9 Å². The number of hydrogen-bond acceptors (Lipinski definition) is 3. The van der Waals surface area contributed by atoms with Gasteiger partial charge in [-0.05, 0) is 46.2 Å². The largest absolute Gasteiger partial charge is 0.329 e. The average molecular weight is 380 g/mol. The molecule has 4 rings (SSSR count). The molecule has 2 atom stereocenters. The summed E-state index contributed by atoms with van der Waals surface area (Å²) in [4.78, 5) is 28.1. The normalized spacial score (nSPS) is 20.9. The Balaban J connectivity index is 1.56. The molecule has 1 aromatic heterocycles. The summed E-state index contributed by atoms with van der Waals surface area (Å²) >= 11 is 1.65. The Hall–Kier alpha value is -2.70. The monoisotopic (exact) mass is 380 g/mol. The van der Waals surface area contributed by atoms with Crippen molar-refractivity contribution < 1.29 is 14.5 Å². The molecule has 3 aromatic rings. The first-order valence-corrected chi connectivity index (χ1v) is 9.87. The van der Waals surface area contributed by atoms with Crippen LogP contribution in [0.4, 0.5) is 4.79 Å². The van der Waals surface area contributed by atoms with Gasteiger partial charge in [0.25, 0.3) is 5.91 Å². The quantitative estimate of drug-likeness (QED) is 0.668. The number of carbonyl (C=O) groups excluding carboxylic acids is 2. The molecule has 5 nitrogen and oxygen atoms in total. The molecular formula is C21H22N3O2S+. The van der Waals surface area contributed by atoms with Gasteiger partial charge in [0.15, 0.2) is 6.67 Å². The van der Waals surface area contributed by atoms with Crippen molar-refractivity contribution in [2.24, 2.45) is 0 Å². The number of amides is 3. The molecule has 2 aromatic carbocycles. The summed E-state index contributed by atoms with van der Waals surface area (Å²) in [7, 11) is 1.99. The molecule has 27 heavy (non-hydrogen) atoms. The van der Waals surface area contributed by atoms with Crippen LogP contribution in [-0.2, 0) is 16.9 Å². The summed E-state index contributed by atoms with van der Waals surface area (Å²) < 4.78 is 0. The molecule has 2 N–H and O–H groups in total. The van der Waals surface area contributed by atoms with Crippen LogP contribution < -0.4 is 10.2 Å². The van der Waals surface area contributed by atoms with E-state index in [0.717, 1.165) is 27.8 Å². The van der Waals surface area contributed by atoms with Gasteiger partial charge in [-0.3, -0.25) is 4.79 Å². The fraction of sp³-hybridized carbons (Fsp3) is 0.238. The van der Waals surface area contributed by atoms with Crippen LogP contribution in [0.3, 0.4) is 0 Å². The number of nitrogens with zero attached hydrogens (tertiary/aromatic N) is 1. The van der Waals surface area contributed by atoms with Crippen molar-refractivity contribution in [3.05, 3.63) is 70.4 Å². The summed E-state index contributed by atoms with van der Waals surface area (Å²) in [6, 6.07) is 15.6. The average Bonchev–Trinajstić information content (AvgIpc) is 3.24. The lowest BCUT2D eigenvalue weighted by molar-refractivity contribution is -0.901. The van der Waals surface area contributed by atoms with Crippen LogP contribution in [0.2, 0.25) is 0 Å². The molecule has 1 fully saturated rings. The number of thiophene rings is 1. The second kappa shape index (κ2) is 6.79. The molecule has 0 spiro atoms. The standard InChI is InChI=1S/C21H21N3O2S/c1-21(18-8-7-16-5-3-4-6-17(16)11-18)19(25)24(20(26)22-21)14-23(2)12-15-9-10-27-13-15/h3-11,13H,12,14H2,1-2H3,(H,22,26)/p+1/t21-/m1/s1. The van der Waals surface area contributed by atoms with Crippen LogP contribution in [0.25, 0.3) is 10.8 Å². The van der Waals surface area contributed by atoms with Gasteiger partial charge in [-0.15, -0.1) is 0 Å². The van der Waals surface area contributed by atoms with Crippen molar-refractivity contribution in [3.63, 3.8) is 0 Å². The van der Waals surface area contributed by atoms with E-state index < -0.39 is 5.54 Å². The Morgan fingerprint density at radius 1 is 1.11 bits per heavy atom. The SMILES string of the molecule is C[NH+](Cc1ccsc1)CN1C(=O)N[C@](C)(c2ccc3ccccc3c2)C1=O.